The van der Waals surface area contributed by atoms with E-state index in [-0.39, 0.29) is 0 Å². The second-order valence-electron chi connectivity index (χ2n) is 10.7. The van der Waals surface area contributed by atoms with E-state index in [4.69, 9.17) is 0 Å². The van der Waals surface area contributed by atoms with Crippen molar-refractivity contribution in [1.82, 2.24) is 0 Å². The van der Waals surface area contributed by atoms with E-state index in [0.717, 1.165) is 17.8 Å². The van der Waals surface area contributed by atoms with Gasteiger partial charge in [0, 0.05) is 0 Å². The van der Waals surface area contributed by atoms with Crippen molar-refractivity contribution in [2.45, 2.75) is 103 Å². The fraction of sp³-hybridized carbons (Fsp3) is 0.562. The molecule has 32 heavy (non-hydrogen) atoms. The topological polar surface area (TPSA) is 0 Å². The summed E-state index contributed by atoms with van der Waals surface area (Å²) in [4.78, 5) is 0. The number of hydrogen-bond acceptors (Lipinski definition) is 0. The fourth-order valence-electron chi connectivity index (χ4n) is 5.87. The summed E-state index contributed by atoms with van der Waals surface area (Å²) < 4.78 is 0. The van der Waals surface area contributed by atoms with Crippen molar-refractivity contribution < 1.29 is 0 Å². The minimum Gasteiger partial charge on any atom is -0.0804 e. The summed E-state index contributed by atoms with van der Waals surface area (Å²) in [6.07, 6.45) is 20.5. The summed E-state index contributed by atoms with van der Waals surface area (Å²) in [5.74, 6) is 2.62. The normalized spacial score (nSPS) is 23.7. The zero-order valence-corrected chi connectivity index (χ0v) is 20.6. The Bertz CT molecular complexity index is 831. The smallest absolute Gasteiger partial charge is 0.0162 e. The molecule has 0 bridgehead atoms. The van der Waals surface area contributed by atoms with Gasteiger partial charge in [-0.1, -0.05) is 120 Å². The van der Waals surface area contributed by atoms with Crippen molar-refractivity contribution in [3.05, 3.63) is 65.7 Å². The van der Waals surface area contributed by atoms with Gasteiger partial charge >= 0.3 is 0 Å². The quantitative estimate of drug-likeness (QED) is 0.348. The molecule has 0 amide bonds. The van der Waals surface area contributed by atoms with E-state index in [1.54, 1.807) is 11.1 Å². The zero-order chi connectivity index (χ0) is 22.2. The predicted molar refractivity (Wildman–Crippen MR) is 141 cm³/mol. The van der Waals surface area contributed by atoms with E-state index >= 15 is 0 Å². The molecule has 1 saturated carbocycles. The Labute approximate surface area is 197 Å². The second-order valence-corrected chi connectivity index (χ2v) is 10.7. The van der Waals surface area contributed by atoms with Gasteiger partial charge in [0.05, 0.1) is 0 Å². The van der Waals surface area contributed by atoms with E-state index < -0.39 is 0 Å². The molecule has 0 nitrogen and oxygen atoms in total. The van der Waals surface area contributed by atoms with Crippen molar-refractivity contribution in [2.24, 2.45) is 11.8 Å². The minimum atomic E-state index is 0.779. The summed E-state index contributed by atoms with van der Waals surface area (Å²) in [5.41, 5.74) is 7.25. The van der Waals surface area contributed by atoms with Crippen LogP contribution in [-0.4, -0.2) is 0 Å². The SMILES string of the molecule is CCCCCCCC1CC=C(c2ccc(-c3ccc(C4CCC(C)CC4)cc3)cc2)CC1. The van der Waals surface area contributed by atoms with Crippen molar-refractivity contribution in [3.8, 4) is 11.1 Å². The van der Waals surface area contributed by atoms with Crippen LogP contribution in [0.5, 0.6) is 0 Å². The first kappa shape index (κ1) is 23.3. The lowest BCUT2D eigenvalue weighted by Gasteiger charge is -2.26. The molecule has 1 fully saturated rings. The molecule has 1 atom stereocenters. The Morgan fingerprint density at radius 2 is 1.31 bits per heavy atom. The Morgan fingerprint density at radius 1 is 0.688 bits per heavy atom. The van der Waals surface area contributed by atoms with Gasteiger partial charge < -0.3 is 0 Å². The van der Waals surface area contributed by atoms with Crippen LogP contribution in [0.15, 0.2) is 54.6 Å². The van der Waals surface area contributed by atoms with Crippen molar-refractivity contribution in [3.63, 3.8) is 0 Å². The first-order valence-electron chi connectivity index (χ1n) is 13.6. The van der Waals surface area contributed by atoms with Crippen LogP contribution < -0.4 is 0 Å². The third-order valence-electron chi connectivity index (χ3n) is 8.22. The third-order valence-corrected chi connectivity index (χ3v) is 8.22. The highest BCUT2D eigenvalue weighted by Crippen LogP contribution is 2.37. The molecule has 172 valence electrons. The molecule has 4 rings (SSSR count). The Morgan fingerprint density at radius 3 is 1.94 bits per heavy atom. The predicted octanol–water partition coefficient (Wildman–Crippen LogP) is 10.2. The minimum absolute atomic E-state index is 0.779. The highest BCUT2D eigenvalue weighted by Gasteiger charge is 2.19. The highest BCUT2D eigenvalue weighted by molar-refractivity contribution is 5.71. The van der Waals surface area contributed by atoms with Crippen LogP contribution in [0.3, 0.4) is 0 Å². The standard InChI is InChI=1S/C32H44/c1-3-4-5-6-7-8-26-11-15-28(16-12-26)30-19-23-32(24-20-30)31-21-17-29(18-22-31)27-13-9-25(2)10-14-27/h15,17-27H,3-14,16H2,1-2H3. The summed E-state index contributed by atoms with van der Waals surface area (Å²) in [6, 6.07) is 18.8. The summed E-state index contributed by atoms with van der Waals surface area (Å²) in [5, 5.41) is 0. The van der Waals surface area contributed by atoms with Crippen LogP contribution in [0.1, 0.15) is 114 Å². The van der Waals surface area contributed by atoms with Gasteiger partial charge in [-0.3, -0.25) is 0 Å². The molecular weight excluding hydrogens is 384 g/mol. The molecule has 0 N–H and O–H groups in total. The lowest BCUT2D eigenvalue weighted by atomic mass is 9.79. The zero-order valence-electron chi connectivity index (χ0n) is 20.6. The molecule has 2 aromatic carbocycles. The number of unbranched alkanes of at least 4 members (excludes halogenated alkanes) is 4. The van der Waals surface area contributed by atoms with E-state index in [0.29, 0.717) is 0 Å². The average Bonchev–Trinajstić information content (AvgIpc) is 2.85. The molecule has 2 aromatic rings. The van der Waals surface area contributed by atoms with E-state index in [1.165, 1.54) is 100 Å². The lowest BCUT2D eigenvalue weighted by molar-refractivity contribution is 0.348. The van der Waals surface area contributed by atoms with Gasteiger partial charge in [-0.15, -0.1) is 0 Å². The maximum Gasteiger partial charge on any atom is -0.0162 e. The first-order valence-corrected chi connectivity index (χ1v) is 13.6. The monoisotopic (exact) mass is 428 g/mol. The highest BCUT2D eigenvalue weighted by atomic mass is 14.2. The Hall–Kier alpha value is -1.82. The molecule has 0 aromatic heterocycles. The Balaban J connectivity index is 1.29. The van der Waals surface area contributed by atoms with Crippen LogP contribution in [0.2, 0.25) is 0 Å². The Kier molecular flexibility index (Phi) is 8.66. The third kappa shape index (κ3) is 6.37. The summed E-state index contributed by atoms with van der Waals surface area (Å²) >= 11 is 0. The van der Waals surface area contributed by atoms with Gasteiger partial charge in [-0.2, -0.15) is 0 Å². The maximum atomic E-state index is 2.54. The number of hydrogen-bond donors (Lipinski definition) is 0. The van der Waals surface area contributed by atoms with E-state index in [9.17, 15) is 0 Å². The first-order chi connectivity index (χ1) is 15.7. The number of benzene rings is 2. The molecule has 0 radical (unpaired) electrons. The van der Waals surface area contributed by atoms with Crippen molar-refractivity contribution >= 4 is 5.57 Å². The molecule has 0 heterocycles. The van der Waals surface area contributed by atoms with Gasteiger partial charge in [0.25, 0.3) is 0 Å². The van der Waals surface area contributed by atoms with Crippen molar-refractivity contribution in [2.75, 3.05) is 0 Å². The maximum absolute atomic E-state index is 2.54. The molecule has 0 spiro atoms. The molecule has 1 unspecified atom stereocenters. The second kappa shape index (κ2) is 11.9. The van der Waals surface area contributed by atoms with Gasteiger partial charge in [-0.25, -0.2) is 0 Å². The van der Waals surface area contributed by atoms with Gasteiger partial charge in [0.15, 0.2) is 0 Å². The van der Waals surface area contributed by atoms with Crippen LogP contribution >= 0.6 is 0 Å². The summed E-state index contributed by atoms with van der Waals surface area (Å²) in [6.45, 7) is 4.70. The fourth-order valence-corrected chi connectivity index (χ4v) is 5.87. The van der Waals surface area contributed by atoms with Gasteiger partial charge in [0.1, 0.15) is 0 Å². The van der Waals surface area contributed by atoms with Gasteiger partial charge in [0.2, 0.25) is 0 Å². The number of allylic oxidation sites excluding steroid dienone is 2. The van der Waals surface area contributed by atoms with Crippen LogP contribution in [0.25, 0.3) is 16.7 Å². The van der Waals surface area contributed by atoms with Gasteiger partial charge in [-0.05, 0) is 77.7 Å². The summed E-state index contributed by atoms with van der Waals surface area (Å²) in [7, 11) is 0. The van der Waals surface area contributed by atoms with Crippen LogP contribution in [0, 0.1) is 11.8 Å². The van der Waals surface area contributed by atoms with E-state index in [2.05, 4.69) is 68.5 Å². The molecule has 0 heteroatoms. The van der Waals surface area contributed by atoms with E-state index in [1.807, 2.05) is 0 Å². The van der Waals surface area contributed by atoms with Crippen molar-refractivity contribution in [1.29, 1.82) is 0 Å². The molecule has 2 aliphatic carbocycles. The van der Waals surface area contributed by atoms with Crippen LogP contribution in [0.4, 0.5) is 0 Å². The van der Waals surface area contributed by atoms with Crippen LogP contribution in [-0.2, 0) is 0 Å². The molecule has 2 aliphatic rings. The molecule has 0 saturated heterocycles. The molecule has 0 aliphatic heterocycles. The molecular formula is C32H44. The lowest BCUT2D eigenvalue weighted by Crippen LogP contribution is -2.10. The largest absolute Gasteiger partial charge is 0.0804 e. The number of rotatable bonds is 9. The average molecular weight is 429 g/mol.